The Labute approximate surface area is 215 Å². The number of nitrogens with zero attached hydrogens (tertiary/aromatic N) is 3. The molecule has 1 N–H and O–H groups in total. The van der Waals surface area contributed by atoms with Crippen molar-refractivity contribution >= 4 is 17.4 Å². The zero-order valence-electron chi connectivity index (χ0n) is 20.9. The number of hydrogen-bond donors (Lipinski definition) is 1. The Balaban J connectivity index is 1.63. The Bertz CT molecular complexity index is 1530. The van der Waals surface area contributed by atoms with Crippen LogP contribution in [0.25, 0.3) is 16.9 Å². The number of fused-ring (bicyclic) bond motifs is 3. The first-order valence-electron chi connectivity index (χ1n) is 12.0. The molecule has 1 aromatic heterocycles. The molecule has 0 spiro atoms. The van der Waals surface area contributed by atoms with Crippen molar-refractivity contribution in [1.82, 2.24) is 9.78 Å². The zero-order chi connectivity index (χ0) is 26.2. The highest BCUT2D eigenvalue weighted by molar-refractivity contribution is 6.15. The molecule has 3 aromatic carbocycles. The van der Waals surface area contributed by atoms with Crippen LogP contribution in [-0.4, -0.2) is 21.5 Å². The van der Waals surface area contributed by atoms with Crippen molar-refractivity contribution in [1.29, 1.82) is 5.26 Å². The second kappa shape index (κ2) is 9.40. The van der Waals surface area contributed by atoms with Crippen molar-refractivity contribution < 1.29 is 14.3 Å². The minimum absolute atomic E-state index is 0.0560. The standard InChI is InChI=1S/C30H26N4O3/c1-30(2,3)19-14-15-25-22(16-19)27-24(18-37-25)26(33-34(27)21-12-8-5-9-13-21)28(35)23(17-31)29(36)32-20-10-6-4-7-11-20/h4-16,23H,18H2,1-3H3,(H,32,36). The van der Waals surface area contributed by atoms with E-state index in [9.17, 15) is 14.9 Å². The molecule has 4 aromatic rings. The summed E-state index contributed by atoms with van der Waals surface area (Å²) in [6.07, 6.45) is 0. The molecule has 0 bridgehead atoms. The van der Waals surface area contributed by atoms with Gasteiger partial charge in [-0.25, -0.2) is 4.68 Å². The second-order valence-electron chi connectivity index (χ2n) is 9.95. The molecule has 2 heterocycles. The number of ether oxygens (including phenoxy) is 1. The van der Waals surface area contributed by atoms with Crippen LogP contribution in [0.1, 0.15) is 42.4 Å². The van der Waals surface area contributed by atoms with E-state index in [4.69, 9.17) is 4.74 Å². The summed E-state index contributed by atoms with van der Waals surface area (Å²) in [5.74, 6) is -2.24. The number of anilines is 1. The topological polar surface area (TPSA) is 97.0 Å². The summed E-state index contributed by atoms with van der Waals surface area (Å²) in [5, 5.41) is 17.1. The number of rotatable bonds is 5. The van der Waals surface area contributed by atoms with Crippen molar-refractivity contribution in [2.75, 3.05) is 5.32 Å². The van der Waals surface area contributed by atoms with Crippen LogP contribution in [0.4, 0.5) is 5.69 Å². The van der Waals surface area contributed by atoms with Gasteiger partial charge in [0.2, 0.25) is 11.7 Å². The molecule has 37 heavy (non-hydrogen) atoms. The van der Waals surface area contributed by atoms with Crippen LogP contribution < -0.4 is 10.1 Å². The SMILES string of the molecule is CC(C)(C)c1ccc2c(c1)-c1c(c(C(=O)C(C#N)C(=O)Nc3ccccc3)nn1-c1ccccc1)CO2. The third kappa shape index (κ3) is 4.50. The van der Waals surface area contributed by atoms with Gasteiger partial charge >= 0.3 is 0 Å². The van der Waals surface area contributed by atoms with Gasteiger partial charge in [-0.05, 0) is 47.4 Å². The van der Waals surface area contributed by atoms with Crippen LogP contribution in [0.15, 0.2) is 78.9 Å². The number of ketones is 1. The Morgan fingerprint density at radius 1 is 1.03 bits per heavy atom. The van der Waals surface area contributed by atoms with Crippen LogP contribution in [0, 0.1) is 17.2 Å². The fourth-order valence-corrected chi connectivity index (χ4v) is 4.38. The number of Topliss-reactive ketones (excluding diaryl/α,β-unsaturated/α-hetero) is 1. The van der Waals surface area contributed by atoms with E-state index in [1.54, 1.807) is 28.9 Å². The Morgan fingerprint density at radius 2 is 1.70 bits per heavy atom. The number of carbonyl (C=O) groups is 2. The van der Waals surface area contributed by atoms with Gasteiger partial charge in [-0.1, -0.05) is 63.2 Å². The molecule has 1 aliphatic rings. The molecular formula is C30H26N4O3. The zero-order valence-corrected chi connectivity index (χ0v) is 20.9. The van der Waals surface area contributed by atoms with E-state index in [0.717, 1.165) is 22.5 Å². The Morgan fingerprint density at radius 3 is 2.35 bits per heavy atom. The molecule has 0 radical (unpaired) electrons. The smallest absolute Gasteiger partial charge is 0.249 e. The van der Waals surface area contributed by atoms with Crippen LogP contribution in [-0.2, 0) is 16.8 Å². The number of carbonyl (C=O) groups excluding carboxylic acids is 2. The van der Waals surface area contributed by atoms with Gasteiger partial charge in [0.1, 0.15) is 18.1 Å². The van der Waals surface area contributed by atoms with Gasteiger partial charge in [-0.15, -0.1) is 0 Å². The lowest BCUT2D eigenvalue weighted by atomic mass is 9.85. The molecule has 1 aliphatic heterocycles. The van der Waals surface area contributed by atoms with Gasteiger partial charge in [0, 0.05) is 16.8 Å². The van der Waals surface area contributed by atoms with E-state index in [0.29, 0.717) is 17.0 Å². The molecule has 184 valence electrons. The quantitative estimate of drug-likeness (QED) is 0.286. The fourth-order valence-electron chi connectivity index (χ4n) is 4.38. The van der Waals surface area contributed by atoms with E-state index in [1.165, 1.54) is 0 Å². The summed E-state index contributed by atoms with van der Waals surface area (Å²) in [6.45, 7) is 6.49. The fraction of sp³-hybridized carbons (Fsp3) is 0.200. The lowest BCUT2D eigenvalue weighted by molar-refractivity contribution is -0.117. The molecule has 1 amide bonds. The molecule has 5 rings (SSSR count). The third-order valence-electron chi connectivity index (χ3n) is 6.39. The number of hydrogen-bond acceptors (Lipinski definition) is 5. The lowest BCUT2D eigenvalue weighted by Gasteiger charge is -2.24. The predicted molar refractivity (Wildman–Crippen MR) is 141 cm³/mol. The van der Waals surface area contributed by atoms with Crippen molar-refractivity contribution in [3.05, 3.63) is 95.7 Å². The van der Waals surface area contributed by atoms with Gasteiger partial charge in [-0.3, -0.25) is 9.59 Å². The van der Waals surface area contributed by atoms with Gasteiger partial charge in [0.15, 0.2) is 5.92 Å². The van der Waals surface area contributed by atoms with Gasteiger partial charge < -0.3 is 10.1 Å². The molecule has 7 nitrogen and oxygen atoms in total. The predicted octanol–water partition coefficient (Wildman–Crippen LogP) is 5.69. The number of para-hydroxylation sites is 2. The van der Waals surface area contributed by atoms with Gasteiger partial charge in [0.05, 0.1) is 17.5 Å². The van der Waals surface area contributed by atoms with Crippen molar-refractivity contribution in [3.8, 4) is 28.8 Å². The summed E-state index contributed by atoms with van der Waals surface area (Å²) in [6, 6.07) is 26.1. The summed E-state index contributed by atoms with van der Waals surface area (Å²) >= 11 is 0. The summed E-state index contributed by atoms with van der Waals surface area (Å²) < 4.78 is 7.75. The summed E-state index contributed by atoms with van der Waals surface area (Å²) in [4.78, 5) is 26.6. The van der Waals surface area contributed by atoms with Crippen LogP contribution >= 0.6 is 0 Å². The van der Waals surface area contributed by atoms with Crippen LogP contribution in [0.2, 0.25) is 0 Å². The molecule has 1 atom stereocenters. The number of nitriles is 1. The Hall–Kier alpha value is -4.70. The number of amides is 1. The summed E-state index contributed by atoms with van der Waals surface area (Å²) in [7, 11) is 0. The minimum Gasteiger partial charge on any atom is -0.488 e. The van der Waals surface area contributed by atoms with Gasteiger partial charge in [0.25, 0.3) is 0 Å². The molecule has 0 fully saturated rings. The number of benzene rings is 3. The van der Waals surface area contributed by atoms with Crippen molar-refractivity contribution in [3.63, 3.8) is 0 Å². The van der Waals surface area contributed by atoms with E-state index < -0.39 is 17.6 Å². The highest BCUT2D eigenvalue weighted by Gasteiger charge is 2.36. The first-order chi connectivity index (χ1) is 17.8. The highest BCUT2D eigenvalue weighted by Crippen LogP contribution is 2.42. The average molecular weight is 491 g/mol. The van der Waals surface area contributed by atoms with Crippen molar-refractivity contribution in [2.24, 2.45) is 5.92 Å². The second-order valence-corrected chi connectivity index (χ2v) is 9.95. The summed E-state index contributed by atoms with van der Waals surface area (Å²) in [5.41, 5.74) is 4.41. The lowest BCUT2D eigenvalue weighted by Crippen LogP contribution is -2.29. The van der Waals surface area contributed by atoms with E-state index in [2.05, 4.69) is 37.3 Å². The first-order valence-corrected chi connectivity index (χ1v) is 12.0. The largest absolute Gasteiger partial charge is 0.488 e. The molecule has 0 aliphatic carbocycles. The first kappa shape index (κ1) is 24.0. The molecule has 0 saturated carbocycles. The van der Waals surface area contributed by atoms with Crippen LogP contribution in [0.5, 0.6) is 5.75 Å². The Kier molecular flexibility index (Phi) is 6.10. The maximum atomic E-state index is 13.6. The normalized spacial score (nSPS) is 12.9. The maximum Gasteiger partial charge on any atom is 0.249 e. The molecule has 1 unspecified atom stereocenters. The highest BCUT2D eigenvalue weighted by atomic mass is 16.5. The maximum absolute atomic E-state index is 13.6. The van der Waals surface area contributed by atoms with E-state index in [-0.39, 0.29) is 17.7 Å². The average Bonchev–Trinajstić information content (AvgIpc) is 3.29. The van der Waals surface area contributed by atoms with Gasteiger partial charge in [-0.2, -0.15) is 10.4 Å². The van der Waals surface area contributed by atoms with E-state index in [1.807, 2.05) is 54.6 Å². The monoisotopic (exact) mass is 490 g/mol. The molecule has 7 heteroatoms. The van der Waals surface area contributed by atoms with E-state index >= 15 is 0 Å². The number of nitrogens with one attached hydrogen (secondary N) is 1. The third-order valence-corrected chi connectivity index (χ3v) is 6.39. The molecular weight excluding hydrogens is 464 g/mol. The minimum atomic E-state index is -1.56. The van der Waals surface area contributed by atoms with Crippen LogP contribution in [0.3, 0.4) is 0 Å². The van der Waals surface area contributed by atoms with Crippen molar-refractivity contribution in [2.45, 2.75) is 32.8 Å². The molecule has 0 saturated heterocycles. The number of aromatic nitrogens is 2.